The largest absolute Gasteiger partial charge is 0.449 e. The number of para-hydroxylation sites is 1. The summed E-state index contributed by atoms with van der Waals surface area (Å²) in [6.45, 7) is 0. The molecule has 0 N–H and O–H groups in total. The fourth-order valence-electron chi connectivity index (χ4n) is 9.45. The van der Waals surface area contributed by atoms with Gasteiger partial charge in [-0.15, -0.1) is 0 Å². The van der Waals surface area contributed by atoms with Crippen LogP contribution in [-0.4, -0.2) is 15.0 Å². The number of ether oxygens (including phenoxy) is 2. The second-order valence-corrected chi connectivity index (χ2v) is 15.9. The second-order valence-electron chi connectivity index (χ2n) is 15.9. The summed E-state index contributed by atoms with van der Waals surface area (Å²) < 4.78 is 13.9. The first-order chi connectivity index (χ1) is 31.2. The van der Waals surface area contributed by atoms with Gasteiger partial charge in [0.25, 0.3) is 0 Å². The molecule has 0 bridgehead atoms. The molecule has 1 aliphatic carbocycles. The van der Waals surface area contributed by atoms with Gasteiger partial charge in [0.2, 0.25) is 0 Å². The standard InChI is InChI=1S/C58H37N3O2/c1-5-18-38(19-6-1)39-32-34-41(35-33-39)56-59-55(40-20-7-2-8-21-40)60-57(61-56)47-28-14-13-26-44(47)46-29-17-31-51-54(46)63-52-36-48-45-27-15-16-30-49(45)58(42-22-9-3-10-23-42,43-24-11-4-12-25-43)50(48)37-53(52)62-51/h1-37H. The average Bonchev–Trinajstić information content (AvgIpc) is 3.65. The normalized spacial score (nSPS) is 12.8. The molecule has 0 saturated carbocycles. The average molecular weight is 808 g/mol. The van der Waals surface area contributed by atoms with Gasteiger partial charge in [-0.25, -0.2) is 15.0 Å². The number of hydrogen-bond donors (Lipinski definition) is 0. The van der Waals surface area contributed by atoms with Gasteiger partial charge in [-0.3, -0.25) is 0 Å². The van der Waals surface area contributed by atoms with Crippen LogP contribution >= 0.6 is 0 Å². The topological polar surface area (TPSA) is 57.1 Å². The molecule has 0 fully saturated rings. The predicted molar refractivity (Wildman–Crippen MR) is 251 cm³/mol. The SMILES string of the molecule is c1ccc(-c2ccc(-c3nc(-c4ccccc4)nc(-c4ccccc4-c4cccc5c4Oc4cc6c(cc4O5)C(c4ccccc4)(c4ccccc4)c4ccccc4-6)n3)cc2)cc1. The van der Waals surface area contributed by atoms with E-state index in [0.717, 1.165) is 50.1 Å². The molecule has 63 heavy (non-hydrogen) atoms. The van der Waals surface area contributed by atoms with Gasteiger partial charge in [0, 0.05) is 22.3 Å². The molecule has 296 valence electrons. The lowest BCUT2D eigenvalue weighted by molar-refractivity contribution is 0.360. The highest BCUT2D eigenvalue weighted by Crippen LogP contribution is 2.60. The molecule has 2 heterocycles. The summed E-state index contributed by atoms with van der Waals surface area (Å²) >= 11 is 0. The zero-order valence-electron chi connectivity index (χ0n) is 34.0. The number of benzene rings is 9. The quantitative estimate of drug-likeness (QED) is 0.161. The van der Waals surface area contributed by atoms with Crippen molar-refractivity contribution in [3.05, 3.63) is 247 Å². The van der Waals surface area contributed by atoms with Crippen molar-refractivity contribution >= 4 is 0 Å². The van der Waals surface area contributed by atoms with E-state index in [4.69, 9.17) is 24.4 Å². The Morgan fingerprint density at radius 3 is 1.43 bits per heavy atom. The summed E-state index contributed by atoms with van der Waals surface area (Å²) in [7, 11) is 0. The Hall–Kier alpha value is -8.41. The Balaban J connectivity index is 0.979. The van der Waals surface area contributed by atoms with Crippen molar-refractivity contribution in [1.29, 1.82) is 0 Å². The van der Waals surface area contributed by atoms with E-state index in [-0.39, 0.29) is 0 Å². The smallest absolute Gasteiger partial charge is 0.177 e. The lowest BCUT2D eigenvalue weighted by Gasteiger charge is -2.34. The molecule has 0 amide bonds. The van der Waals surface area contributed by atoms with Gasteiger partial charge < -0.3 is 9.47 Å². The lowest BCUT2D eigenvalue weighted by Crippen LogP contribution is -2.28. The zero-order chi connectivity index (χ0) is 41.7. The molecule has 0 radical (unpaired) electrons. The van der Waals surface area contributed by atoms with E-state index in [1.165, 1.54) is 22.3 Å². The van der Waals surface area contributed by atoms with Crippen LogP contribution in [0.3, 0.4) is 0 Å². The van der Waals surface area contributed by atoms with E-state index in [1.54, 1.807) is 0 Å². The van der Waals surface area contributed by atoms with E-state index in [0.29, 0.717) is 40.5 Å². The monoisotopic (exact) mass is 807 g/mol. The Kier molecular flexibility index (Phi) is 8.64. The van der Waals surface area contributed by atoms with Gasteiger partial charge in [0.05, 0.1) is 5.41 Å². The van der Waals surface area contributed by atoms with Crippen molar-refractivity contribution in [2.75, 3.05) is 0 Å². The molecule has 9 aromatic carbocycles. The zero-order valence-corrected chi connectivity index (χ0v) is 34.0. The molecular weight excluding hydrogens is 771 g/mol. The van der Waals surface area contributed by atoms with Gasteiger partial charge in [-0.05, 0) is 68.3 Å². The first-order valence-corrected chi connectivity index (χ1v) is 21.2. The third kappa shape index (κ3) is 6.05. The third-order valence-corrected chi connectivity index (χ3v) is 12.3. The Labute approximate surface area is 365 Å². The van der Waals surface area contributed by atoms with Gasteiger partial charge in [0.15, 0.2) is 40.5 Å². The van der Waals surface area contributed by atoms with Crippen molar-refractivity contribution in [2.24, 2.45) is 0 Å². The summed E-state index contributed by atoms with van der Waals surface area (Å²) in [5.41, 5.74) is 13.2. The Bertz CT molecular complexity index is 3280. The minimum Gasteiger partial charge on any atom is -0.449 e. The molecule has 5 heteroatoms. The lowest BCUT2D eigenvalue weighted by atomic mass is 9.67. The molecule has 10 aromatic rings. The second kappa shape index (κ2) is 14.9. The minimum absolute atomic E-state index is 0.556. The van der Waals surface area contributed by atoms with Gasteiger partial charge in [0.1, 0.15) is 0 Å². The van der Waals surface area contributed by atoms with E-state index in [2.05, 4.69) is 164 Å². The minimum atomic E-state index is -0.556. The highest BCUT2D eigenvalue weighted by molar-refractivity contribution is 5.90. The van der Waals surface area contributed by atoms with Crippen molar-refractivity contribution in [2.45, 2.75) is 5.41 Å². The van der Waals surface area contributed by atoms with E-state index >= 15 is 0 Å². The molecule has 12 rings (SSSR count). The molecule has 2 aliphatic rings. The molecular formula is C58H37N3O2. The Morgan fingerprint density at radius 2 is 0.762 bits per heavy atom. The van der Waals surface area contributed by atoms with Crippen molar-refractivity contribution in [3.63, 3.8) is 0 Å². The van der Waals surface area contributed by atoms with Crippen LogP contribution in [0.25, 0.3) is 67.5 Å². The molecule has 0 atom stereocenters. The van der Waals surface area contributed by atoms with E-state index < -0.39 is 5.41 Å². The van der Waals surface area contributed by atoms with Crippen molar-refractivity contribution in [1.82, 2.24) is 15.0 Å². The maximum Gasteiger partial charge on any atom is 0.177 e. The number of hydrogen-bond acceptors (Lipinski definition) is 5. The third-order valence-electron chi connectivity index (χ3n) is 12.3. The van der Waals surface area contributed by atoms with Gasteiger partial charge in [-0.2, -0.15) is 0 Å². The number of aromatic nitrogens is 3. The maximum absolute atomic E-state index is 7.03. The molecule has 0 unspecified atom stereocenters. The van der Waals surface area contributed by atoms with Crippen LogP contribution in [0.15, 0.2) is 224 Å². The predicted octanol–water partition coefficient (Wildman–Crippen LogP) is 14.5. The highest BCUT2D eigenvalue weighted by atomic mass is 16.6. The summed E-state index contributed by atoms with van der Waals surface area (Å²) in [5, 5.41) is 0. The number of nitrogens with zero attached hydrogens (tertiary/aromatic N) is 3. The summed E-state index contributed by atoms with van der Waals surface area (Å²) in [4.78, 5) is 15.3. The fourth-order valence-corrected chi connectivity index (χ4v) is 9.45. The van der Waals surface area contributed by atoms with Gasteiger partial charge in [-0.1, -0.05) is 206 Å². The van der Waals surface area contributed by atoms with Crippen LogP contribution in [0.1, 0.15) is 22.3 Å². The highest BCUT2D eigenvalue weighted by Gasteiger charge is 2.47. The summed E-state index contributed by atoms with van der Waals surface area (Å²) in [5.74, 6) is 4.34. The molecule has 0 saturated heterocycles. The van der Waals surface area contributed by atoms with E-state index in [1.807, 2.05) is 60.7 Å². The van der Waals surface area contributed by atoms with Crippen LogP contribution in [0, 0.1) is 0 Å². The summed E-state index contributed by atoms with van der Waals surface area (Å²) in [6.07, 6.45) is 0. The first-order valence-electron chi connectivity index (χ1n) is 21.2. The van der Waals surface area contributed by atoms with Crippen LogP contribution in [0.4, 0.5) is 0 Å². The van der Waals surface area contributed by atoms with Crippen LogP contribution in [-0.2, 0) is 5.41 Å². The maximum atomic E-state index is 7.03. The number of fused-ring (bicyclic) bond motifs is 5. The number of rotatable bonds is 7. The van der Waals surface area contributed by atoms with Crippen molar-refractivity contribution in [3.8, 4) is 90.5 Å². The molecule has 0 spiro atoms. The molecule has 1 aromatic heterocycles. The Morgan fingerprint density at radius 1 is 0.286 bits per heavy atom. The molecule has 5 nitrogen and oxygen atoms in total. The molecule has 1 aliphatic heterocycles. The first kappa shape index (κ1) is 36.4. The van der Waals surface area contributed by atoms with Crippen LogP contribution < -0.4 is 9.47 Å². The van der Waals surface area contributed by atoms with Gasteiger partial charge >= 0.3 is 0 Å². The van der Waals surface area contributed by atoms with Crippen LogP contribution in [0.5, 0.6) is 23.0 Å². The fraction of sp³-hybridized carbons (Fsp3) is 0.0172. The van der Waals surface area contributed by atoms with Crippen molar-refractivity contribution < 1.29 is 9.47 Å². The van der Waals surface area contributed by atoms with Crippen LogP contribution in [0.2, 0.25) is 0 Å². The summed E-state index contributed by atoms with van der Waals surface area (Å²) in [6, 6.07) is 77.8. The van der Waals surface area contributed by atoms with E-state index in [9.17, 15) is 0 Å².